The summed E-state index contributed by atoms with van der Waals surface area (Å²) in [5.74, 6) is 6.38. The number of anilines is 1. The van der Waals surface area contributed by atoms with Crippen LogP contribution >= 0.6 is 0 Å². The highest BCUT2D eigenvalue weighted by Gasteiger charge is 2.17. The van der Waals surface area contributed by atoms with Crippen LogP contribution in [0.5, 0.6) is 0 Å². The number of aromatic nitrogens is 4. The van der Waals surface area contributed by atoms with Gasteiger partial charge in [0, 0.05) is 55.0 Å². The Kier molecular flexibility index (Phi) is 9.81. The predicted molar refractivity (Wildman–Crippen MR) is 194 cm³/mol. The molecular formula is C39H36FN7O4. The van der Waals surface area contributed by atoms with E-state index in [4.69, 9.17) is 9.72 Å². The Hall–Kier alpha value is -6.48. The zero-order valence-electron chi connectivity index (χ0n) is 28.6. The molecule has 0 saturated carbocycles. The maximum atomic E-state index is 13.5. The number of pyridine rings is 1. The maximum absolute atomic E-state index is 13.5. The van der Waals surface area contributed by atoms with Gasteiger partial charge in [-0.15, -0.1) is 0 Å². The lowest BCUT2D eigenvalue weighted by Crippen LogP contribution is -2.36. The number of nitrogens with one attached hydrogen (secondary N) is 3. The largest absolute Gasteiger partial charge is 0.444 e. The fraction of sp³-hybridized carbons (Fsp3) is 0.205. The van der Waals surface area contributed by atoms with Gasteiger partial charge in [0.2, 0.25) is 0 Å². The van der Waals surface area contributed by atoms with Gasteiger partial charge >= 0.3 is 12.1 Å². The van der Waals surface area contributed by atoms with Gasteiger partial charge in [0.05, 0.1) is 10.9 Å². The number of fused-ring (bicyclic) bond motifs is 2. The van der Waals surface area contributed by atoms with Crippen LogP contribution in [0.25, 0.3) is 27.7 Å². The standard InChI is InChI=1S/C39H36FN7O4/c1-25-44-34-23-29(9-13-33(34)36(48)47(25)20-17-42-38(50)51-39(2,3)4)32-14-12-31(22-28(32)8-5-26-6-10-30(40)11-7-26)45-37(49)43-24-27-15-18-46-19-16-41-35(46)21-27/h6-7,9-16,18-19,21-23H,17,20,24H2,1-4H3,(H,42,50)(H2,43,45,49). The van der Waals surface area contributed by atoms with Crippen LogP contribution in [0.2, 0.25) is 0 Å². The van der Waals surface area contributed by atoms with Gasteiger partial charge in [-0.2, -0.15) is 0 Å². The summed E-state index contributed by atoms with van der Waals surface area (Å²) in [7, 11) is 0. The number of alkyl carbamates (subject to hydrolysis) is 1. The molecular weight excluding hydrogens is 649 g/mol. The molecule has 3 aromatic carbocycles. The summed E-state index contributed by atoms with van der Waals surface area (Å²) >= 11 is 0. The number of carbonyl (C=O) groups is 2. The molecule has 51 heavy (non-hydrogen) atoms. The average Bonchev–Trinajstić information content (AvgIpc) is 3.56. The SMILES string of the molecule is Cc1nc2cc(-c3ccc(NC(=O)NCc4ccn5ccnc5c4)cc3C#Cc3ccc(F)cc3)ccc2c(=O)n1CCNC(=O)OC(C)(C)C. The second-order valence-electron chi connectivity index (χ2n) is 12.8. The van der Waals surface area contributed by atoms with E-state index in [-0.39, 0.29) is 24.5 Å². The number of aryl methyl sites for hydroxylation is 1. The fourth-order valence-corrected chi connectivity index (χ4v) is 5.42. The van der Waals surface area contributed by atoms with Gasteiger partial charge in [-0.1, -0.05) is 24.0 Å². The van der Waals surface area contributed by atoms with E-state index in [0.717, 1.165) is 22.3 Å². The minimum absolute atomic E-state index is 0.191. The lowest BCUT2D eigenvalue weighted by molar-refractivity contribution is 0.0525. The summed E-state index contributed by atoms with van der Waals surface area (Å²) in [6.07, 6.45) is 4.88. The number of amides is 3. The molecule has 3 aromatic heterocycles. The van der Waals surface area contributed by atoms with Crippen LogP contribution in [0.3, 0.4) is 0 Å². The van der Waals surface area contributed by atoms with Crippen molar-refractivity contribution in [3.8, 4) is 23.0 Å². The van der Waals surface area contributed by atoms with E-state index in [2.05, 4.69) is 32.8 Å². The maximum Gasteiger partial charge on any atom is 0.407 e. The van der Waals surface area contributed by atoms with Crippen molar-refractivity contribution in [1.29, 1.82) is 0 Å². The van der Waals surface area contributed by atoms with E-state index in [1.807, 2.05) is 47.1 Å². The number of hydrogen-bond donors (Lipinski definition) is 3. The third kappa shape index (κ3) is 8.58. The Labute approximate surface area is 293 Å². The van der Waals surface area contributed by atoms with Crippen molar-refractivity contribution in [2.45, 2.75) is 46.4 Å². The number of nitrogens with zero attached hydrogens (tertiary/aromatic N) is 4. The van der Waals surface area contributed by atoms with E-state index in [9.17, 15) is 18.8 Å². The van der Waals surface area contributed by atoms with Crippen LogP contribution in [0, 0.1) is 24.6 Å². The molecule has 3 amide bonds. The average molecular weight is 686 g/mol. The first-order valence-corrected chi connectivity index (χ1v) is 16.3. The van der Waals surface area contributed by atoms with Crippen molar-refractivity contribution in [2.75, 3.05) is 11.9 Å². The van der Waals surface area contributed by atoms with Crippen LogP contribution in [-0.2, 0) is 17.8 Å². The molecule has 0 aliphatic carbocycles. The molecule has 0 radical (unpaired) electrons. The number of hydrogen-bond acceptors (Lipinski definition) is 6. The first-order valence-electron chi connectivity index (χ1n) is 16.3. The van der Waals surface area contributed by atoms with Gasteiger partial charge < -0.3 is 25.1 Å². The fourth-order valence-electron chi connectivity index (χ4n) is 5.42. The van der Waals surface area contributed by atoms with Crippen molar-refractivity contribution in [3.05, 3.63) is 130 Å². The van der Waals surface area contributed by atoms with Gasteiger partial charge in [0.15, 0.2) is 0 Å². The molecule has 0 bridgehead atoms. The molecule has 3 heterocycles. The molecule has 0 unspecified atom stereocenters. The second-order valence-corrected chi connectivity index (χ2v) is 12.8. The number of imidazole rings is 1. The Morgan fingerprint density at radius 1 is 0.941 bits per heavy atom. The van der Waals surface area contributed by atoms with Crippen molar-refractivity contribution in [3.63, 3.8) is 0 Å². The van der Waals surface area contributed by atoms with E-state index in [0.29, 0.717) is 40.1 Å². The lowest BCUT2D eigenvalue weighted by Gasteiger charge is -2.20. The number of urea groups is 1. The molecule has 0 aliphatic heterocycles. The topological polar surface area (TPSA) is 132 Å². The highest BCUT2D eigenvalue weighted by Crippen LogP contribution is 2.28. The van der Waals surface area contributed by atoms with Gasteiger partial charge in [0.25, 0.3) is 5.56 Å². The van der Waals surface area contributed by atoms with E-state index in [1.54, 1.807) is 64.2 Å². The predicted octanol–water partition coefficient (Wildman–Crippen LogP) is 6.40. The van der Waals surface area contributed by atoms with E-state index < -0.39 is 17.7 Å². The van der Waals surface area contributed by atoms with Crippen molar-refractivity contribution >= 4 is 34.4 Å². The van der Waals surface area contributed by atoms with Crippen LogP contribution in [0.1, 0.15) is 43.3 Å². The van der Waals surface area contributed by atoms with E-state index >= 15 is 0 Å². The summed E-state index contributed by atoms with van der Waals surface area (Å²) in [5, 5.41) is 8.84. The minimum Gasteiger partial charge on any atom is -0.444 e. The quantitative estimate of drug-likeness (QED) is 0.167. The molecule has 6 rings (SSSR count). The Morgan fingerprint density at radius 2 is 1.75 bits per heavy atom. The Bertz CT molecular complexity index is 2380. The summed E-state index contributed by atoms with van der Waals surface area (Å²) in [6.45, 7) is 7.79. The van der Waals surface area contributed by atoms with Crippen molar-refractivity contribution < 1.29 is 18.7 Å². The number of carbonyl (C=O) groups excluding carboxylic acids is 2. The highest BCUT2D eigenvalue weighted by atomic mass is 19.1. The zero-order valence-corrected chi connectivity index (χ0v) is 28.6. The molecule has 3 N–H and O–H groups in total. The first-order chi connectivity index (χ1) is 24.4. The second kappa shape index (κ2) is 14.6. The molecule has 0 atom stereocenters. The van der Waals surface area contributed by atoms with Gasteiger partial charge in [0.1, 0.15) is 22.9 Å². The lowest BCUT2D eigenvalue weighted by atomic mass is 9.98. The number of halogens is 1. The molecule has 0 saturated heterocycles. The van der Waals surface area contributed by atoms with Crippen LogP contribution in [-0.4, -0.2) is 43.2 Å². The molecule has 11 nitrogen and oxygen atoms in total. The number of ether oxygens (including phenoxy) is 1. The van der Waals surface area contributed by atoms with Gasteiger partial charge in [-0.3, -0.25) is 9.36 Å². The molecule has 258 valence electrons. The molecule has 0 spiro atoms. The zero-order chi connectivity index (χ0) is 36.1. The minimum atomic E-state index is -0.630. The molecule has 6 aromatic rings. The van der Waals surface area contributed by atoms with Crippen molar-refractivity contribution in [2.24, 2.45) is 0 Å². The third-order valence-electron chi connectivity index (χ3n) is 7.84. The van der Waals surface area contributed by atoms with Crippen molar-refractivity contribution in [1.82, 2.24) is 29.6 Å². The van der Waals surface area contributed by atoms with Crippen LogP contribution < -0.4 is 21.5 Å². The number of rotatable bonds is 7. The Morgan fingerprint density at radius 3 is 2.53 bits per heavy atom. The van der Waals surface area contributed by atoms with Gasteiger partial charge in [-0.25, -0.2) is 23.9 Å². The molecule has 12 heteroatoms. The van der Waals surface area contributed by atoms with E-state index in [1.165, 1.54) is 16.7 Å². The monoisotopic (exact) mass is 685 g/mol. The summed E-state index contributed by atoms with van der Waals surface area (Å²) in [4.78, 5) is 47.4. The highest BCUT2D eigenvalue weighted by molar-refractivity contribution is 5.91. The van der Waals surface area contributed by atoms with Crippen LogP contribution in [0.4, 0.5) is 19.7 Å². The molecule has 0 fully saturated rings. The smallest absolute Gasteiger partial charge is 0.407 e. The first kappa shape index (κ1) is 34.4. The van der Waals surface area contributed by atoms with Crippen LogP contribution in [0.15, 0.2) is 96.2 Å². The number of benzene rings is 3. The van der Waals surface area contributed by atoms with Gasteiger partial charge in [-0.05, 0) is 105 Å². The summed E-state index contributed by atoms with van der Waals surface area (Å²) < 4.78 is 22.2. The Balaban J connectivity index is 1.25. The normalized spacial score (nSPS) is 11.2. The summed E-state index contributed by atoms with van der Waals surface area (Å²) in [6, 6.07) is 20.0. The molecule has 0 aliphatic rings. The third-order valence-corrected chi connectivity index (χ3v) is 7.84. The summed E-state index contributed by atoms with van der Waals surface area (Å²) in [5.41, 5.74) is 4.55.